The van der Waals surface area contributed by atoms with E-state index in [1.165, 1.54) is 0 Å². The van der Waals surface area contributed by atoms with Gasteiger partial charge in [0.1, 0.15) is 0 Å². The summed E-state index contributed by atoms with van der Waals surface area (Å²) in [4.78, 5) is 11.2. The molecule has 0 fully saturated rings. The lowest BCUT2D eigenvalue weighted by atomic mass is 10.1. The minimum atomic E-state index is -0.0944. The first-order chi connectivity index (χ1) is 8.72. The van der Waals surface area contributed by atoms with Crippen molar-refractivity contribution in [2.75, 3.05) is 18.5 Å². The van der Waals surface area contributed by atoms with E-state index in [9.17, 15) is 4.79 Å². The molecule has 1 aromatic rings. The molecule has 98 valence electrons. The van der Waals surface area contributed by atoms with Crippen LogP contribution >= 0.6 is 0 Å². The SMILES string of the molecule is O=C1Cc2cc(CNC(CO)CCO)ccc2N1. The maximum absolute atomic E-state index is 11.2. The molecule has 4 N–H and O–H groups in total. The number of aliphatic hydroxyl groups excluding tert-OH is 2. The fourth-order valence-electron chi connectivity index (χ4n) is 2.07. The number of anilines is 1. The molecule has 1 heterocycles. The largest absolute Gasteiger partial charge is 0.396 e. The fraction of sp³-hybridized carbons (Fsp3) is 0.462. The zero-order valence-corrected chi connectivity index (χ0v) is 10.1. The van der Waals surface area contributed by atoms with Gasteiger partial charge in [-0.1, -0.05) is 12.1 Å². The van der Waals surface area contributed by atoms with Crippen LogP contribution in [0.4, 0.5) is 5.69 Å². The number of hydrogen-bond acceptors (Lipinski definition) is 4. The Hall–Kier alpha value is -1.43. The van der Waals surface area contributed by atoms with Crippen LogP contribution in [0.1, 0.15) is 17.5 Å². The van der Waals surface area contributed by atoms with Gasteiger partial charge in [0.2, 0.25) is 5.91 Å². The van der Waals surface area contributed by atoms with Gasteiger partial charge in [0.15, 0.2) is 0 Å². The molecule has 0 saturated heterocycles. The van der Waals surface area contributed by atoms with E-state index < -0.39 is 0 Å². The minimum absolute atomic E-state index is 0.00550. The standard InChI is InChI=1S/C13H18N2O3/c16-4-3-11(8-17)14-7-9-1-2-12-10(5-9)6-13(18)15-12/h1-2,5,11,14,16-17H,3-4,6-8H2,(H,15,18). The Bertz CT molecular complexity index is 434. The average molecular weight is 250 g/mol. The molecule has 18 heavy (non-hydrogen) atoms. The molecule has 1 unspecified atom stereocenters. The zero-order chi connectivity index (χ0) is 13.0. The van der Waals surface area contributed by atoms with Crippen LogP contribution in [0.3, 0.4) is 0 Å². The molecule has 1 amide bonds. The molecular weight excluding hydrogens is 232 g/mol. The molecule has 0 radical (unpaired) electrons. The third-order valence-electron chi connectivity index (χ3n) is 3.09. The van der Waals surface area contributed by atoms with E-state index in [2.05, 4.69) is 10.6 Å². The van der Waals surface area contributed by atoms with Crippen molar-refractivity contribution in [2.24, 2.45) is 0 Å². The summed E-state index contributed by atoms with van der Waals surface area (Å²) in [6, 6.07) is 5.75. The summed E-state index contributed by atoms with van der Waals surface area (Å²) in [5.74, 6) is 0.0311. The van der Waals surface area contributed by atoms with Crippen LogP contribution in [-0.2, 0) is 17.8 Å². The van der Waals surface area contributed by atoms with Crippen molar-refractivity contribution in [3.05, 3.63) is 29.3 Å². The van der Waals surface area contributed by atoms with Gasteiger partial charge in [-0.2, -0.15) is 0 Å². The molecule has 0 bridgehead atoms. The predicted molar refractivity (Wildman–Crippen MR) is 68.2 cm³/mol. The van der Waals surface area contributed by atoms with Crippen molar-refractivity contribution in [2.45, 2.75) is 25.4 Å². The maximum Gasteiger partial charge on any atom is 0.228 e. The van der Waals surface area contributed by atoms with Crippen LogP contribution in [-0.4, -0.2) is 35.4 Å². The zero-order valence-electron chi connectivity index (χ0n) is 10.1. The summed E-state index contributed by atoms with van der Waals surface area (Å²) in [5.41, 5.74) is 2.97. The molecule has 0 spiro atoms. The van der Waals surface area contributed by atoms with E-state index in [0.717, 1.165) is 16.8 Å². The van der Waals surface area contributed by atoms with E-state index in [1.807, 2.05) is 18.2 Å². The van der Waals surface area contributed by atoms with Gasteiger partial charge in [-0.25, -0.2) is 0 Å². The third-order valence-corrected chi connectivity index (χ3v) is 3.09. The van der Waals surface area contributed by atoms with Crippen LogP contribution in [0.2, 0.25) is 0 Å². The first kappa shape index (κ1) is 13.0. The van der Waals surface area contributed by atoms with Gasteiger partial charge in [-0.3, -0.25) is 4.79 Å². The summed E-state index contributed by atoms with van der Waals surface area (Å²) >= 11 is 0. The molecule has 0 saturated carbocycles. The lowest BCUT2D eigenvalue weighted by Crippen LogP contribution is -2.32. The number of rotatable bonds is 6. The summed E-state index contributed by atoms with van der Waals surface area (Å²) in [7, 11) is 0. The van der Waals surface area contributed by atoms with Crippen molar-refractivity contribution in [3.8, 4) is 0 Å². The summed E-state index contributed by atoms with van der Waals surface area (Å²) in [5, 5.41) is 23.9. The minimum Gasteiger partial charge on any atom is -0.396 e. The van der Waals surface area contributed by atoms with Crippen LogP contribution in [0, 0.1) is 0 Å². The molecule has 0 aromatic heterocycles. The highest BCUT2D eigenvalue weighted by molar-refractivity contribution is 5.99. The van der Waals surface area contributed by atoms with Gasteiger partial charge >= 0.3 is 0 Å². The number of nitrogens with one attached hydrogen (secondary N) is 2. The highest BCUT2D eigenvalue weighted by Gasteiger charge is 2.17. The highest BCUT2D eigenvalue weighted by Crippen LogP contribution is 2.23. The molecular formula is C13H18N2O3. The van der Waals surface area contributed by atoms with E-state index >= 15 is 0 Å². The van der Waals surface area contributed by atoms with Crippen molar-refractivity contribution in [1.82, 2.24) is 5.32 Å². The molecule has 5 nitrogen and oxygen atoms in total. The van der Waals surface area contributed by atoms with Crippen molar-refractivity contribution in [1.29, 1.82) is 0 Å². The normalized spacial score (nSPS) is 15.3. The van der Waals surface area contributed by atoms with Crippen LogP contribution in [0.5, 0.6) is 0 Å². The fourth-order valence-corrected chi connectivity index (χ4v) is 2.07. The van der Waals surface area contributed by atoms with Crippen LogP contribution in [0.15, 0.2) is 18.2 Å². The Morgan fingerprint density at radius 2 is 2.22 bits per heavy atom. The Balaban J connectivity index is 1.94. The van der Waals surface area contributed by atoms with Gasteiger partial charge in [0.25, 0.3) is 0 Å². The second-order valence-electron chi connectivity index (χ2n) is 4.49. The number of carbonyl (C=O) groups is 1. The molecule has 5 heteroatoms. The maximum atomic E-state index is 11.2. The topological polar surface area (TPSA) is 81.6 Å². The Morgan fingerprint density at radius 3 is 2.94 bits per heavy atom. The molecule has 1 aromatic carbocycles. The van der Waals surface area contributed by atoms with Crippen molar-refractivity contribution in [3.63, 3.8) is 0 Å². The first-order valence-corrected chi connectivity index (χ1v) is 6.09. The predicted octanol–water partition coefficient (Wildman–Crippen LogP) is 0.0141. The van der Waals surface area contributed by atoms with Gasteiger partial charge in [0, 0.05) is 24.9 Å². The van der Waals surface area contributed by atoms with E-state index in [-0.39, 0.29) is 25.2 Å². The lowest BCUT2D eigenvalue weighted by Gasteiger charge is -2.15. The molecule has 1 aliphatic heterocycles. The summed E-state index contributed by atoms with van der Waals surface area (Å²) in [6.07, 6.45) is 0.963. The quantitative estimate of drug-likeness (QED) is 0.573. The lowest BCUT2D eigenvalue weighted by molar-refractivity contribution is -0.115. The van der Waals surface area contributed by atoms with Crippen molar-refractivity contribution < 1.29 is 15.0 Å². The number of aliphatic hydroxyl groups is 2. The number of carbonyl (C=O) groups excluding carboxylic acids is 1. The number of hydrogen-bond donors (Lipinski definition) is 4. The van der Waals surface area contributed by atoms with Gasteiger partial charge < -0.3 is 20.8 Å². The molecule has 1 aliphatic rings. The van der Waals surface area contributed by atoms with Crippen LogP contribution < -0.4 is 10.6 Å². The monoisotopic (exact) mass is 250 g/mol. The average Bonchev–Trinajstić information content (AvgIpc) is 2.73. The second kappa shape index (κ2) is 5.95. The Labute approximate surface area is 106 Å². The van der Waals surface area contributed by atoms with Gasteiger partial charge in [-0.15, -0.1) is 0 Å². The first-order valence-electron chi connectivity index (χ1n) is 6.09. The Morgan fingerprint density at radius 1 is 1.39 bits per heavy atom. The molecule has 2 rings (SSSR count). The van der Waals surface area contributed by atoms with Crippen molar-refractivity contribution >= 4 is 11.6 Å². The number of amides is 1. The number of benzene rings is 1. The number of fused-ring (bicyclic) bond motifs is 1. The van der Waals surface area contributed by atoms with Gasteiger partial charge in [0.05, 0.1) is 13.0 Å². The summed E-state index contributed by atoms with van der Waals surface area (Å²) in [6.45, 7) is 0.680. The second-order valence-corrected chi connectivity index (χ2v) is 4.49. The Kier molecular flexibility index (Phi) is 4.30. The van der Waals surface area contributed by atoms with E-state index in [0.29, 0.717) is 19.4 Å². The van der Waals surface area contributed by atoms with E-state index in [4.69, 9.17) is 10.2 Å². The summed E-state index contributed by atoms with van der Waals surface area (Å²) < 4.78 is 0. The third kappa shape index (κ3) is 3.07. The smallest absolute Gasteiger partial charge is 0.228 e. The van der Waals surface area contributed by atoms with Gasteiger partial charge in [-0.05, 0) is 23.6 Å². The van der Waals surface area contributed by atoms with E-state index in [1.54, 1.807) is 0 Å². The molecule has 0 aliphatic carbocycles. The molecule has 1 atom stereocenters. The highest BCUT2D eigenvalue weighted by atomic mass is 16.3. The van der Waals surface area contributed by atoms with Crippen LogP contribution in [0.25, 0.3) is 0 Å².